The van der Waals surface area contributed by atoms with Gasteiger partial charge in [0.2, 0.25) is 0 Å². The van der Waals surface area contributed by atoms with Gasteiger partial charge in [-0.3, -0.25) is 0 Å². The number of benzene rings is 1. The van der Waals surface area contributed by atoms with E-state index in [-0.39, 0.29) is 0 Å². The zero-order chi connectivity index (χ0) is 14.1. The van der Waals surface area contributed by atoms with Gasteiger partial charge in [-0.15, -0.1) is 0 Å². The minimum Gasteiger partial charge on any atom is -0.421 e. The van der Waals surface area contributed by atoms with Gasteiger partial charge in [-0.1, -0.05) is 24.3 Å². The van der Waals surface area contributed by atoms with Crippen LogP contribution < -0.4 is 4.74 Å². The fraction of sp³-hybridized carbons (Fsp3) is 0.125. The zero-order valence-electron chi connectivity index (χ0n) is 11.3. The minimum atomic E-state index is -0.439. The maximum absolute atomic E-state index is 12.2. The van der Waals surface area contributed by atoms with E-state index in [1.165, 1.54) is 0 Å². The normalized spacial score (nSPS) is 10.7. The molecule has 2 heterocycles. The smallest absolute Gasteiger partial charge is 0.363 e. The summed E-state index contributed by atoms with van der Waals surface area (Å²) >= 11 is 0. The summed E-state index contributed by atoms with van der Waals surface area (Å²) in [5, 5.41) is 0. The second-order valence-electron chi connectivity index (χ2n) is 4.70. The molecule has 0 amide bonds. The third-order valence-corrected chi connectivity index (χ3v) is 3.18. The van der Waals surface area contributed by atoms with Gasteiger partial charge in [-0.05, 0) is 37.1 Å². The third-order valence-electron chi connectivity index (χ3n) is 3.18. The van der Waals surface area contributed by atoms with Gasteiger partial charge in [0.05, 0.1) is 0 Å². The van der Waals surface area contributed by atoms with Gasteiger partial charge in [-0.25, -0.2) is 9.78 Å². The van der Waals surface area contributed by atoms with Gasteiger partial charge < -0.3 is 9.14 Å². The van der Waals surface area contributed by atoms with E-state index in [1.807, 2.05) is 56.4 Å². The Kier molecular flexibility index (Phi) is 2.99. The summed E-state index contributed by atoms with van der Waals surface area (Å²) in [6, 6.07) is 11.4. The number of hydrogen-bond donors (Lipinski definition) is 0. The highest BCUT2D eigenvalue weighted by atomic mass is 16.5. The Morgan fingerprint density at radius 3 is 2.55 bits per heavy atom. The van der Waals surface area contributed by atoms with Crippen LogP contribution in [0.25, 0.3) is 5.65 Å². The van der Waals surface area contributed by atoms with Crippen molar-refractivity contribution < 1.29 is 9.53 Å². The van der Waals surface area contributed by atoms with E-state index in [1.54, 1.807) is 10.6 Å². The second-order valence-corrected chi connectivity index (χ2v) is 4.70. The number of hydrogen-bond acceptors (Lipinski definition) is 3. The number of pyridine rings is 1. The summed E-state index contributed by atoms with van der Waals surface area (Å²) in [4.78, 5) is 16.4. The van der Waals surface area contributed by atoms with Crippen LogP contribution in [0.1, 0.15) is 21.6 Å². The maximum atomic E-state index is 12.2. The Morgan fingerprint density at radius 2 is 1.85 bits per heavy atom. The molecule has 2 aromatic heterocycles. The monoisotopic (exact) mass is 266 g/mol. The number of esters is 1. The molecule has 0 radical (unpaired) electrons. The predicted octanol–water partition coefficient (Wildman–Crippen LogP) is 3.17. The van der Waals surface area contributed by atoms with Crippen LogP contribution in [0, 0.1) is 13.8 Å². The Bertz CT molecular complexity index is 737. The number of ether oxygens (including phenoxy) is 1. The first-order valence-corrected chi connectivity index (χ1v) is 6.37. The number of carbonyl (C=O) groups is 1. The zero-order valence-corrected chi connectivity index (χ0v) is 11.3. The number of aryl methyl sites for hydroxylation is 2. The van der Waals surface area contributed by atoms with Crippen LogP contribution in [0.15, 0.2) is 48.8 Å². The molecule has 0 spiro atoms. The molecule has 1 aromatic carbocycles. The highest BCUT2D eigenvalue weighted by Crippen LogP contribution is 2.23. The number of imidazole rings is 1. The summed E-state index contributed by atoms with van der Waals surface area (Å²) < 4.78 is 7.27. The number of nitrogens with zero attached hydrogens (tertiary/aromatic N) is 2. The summed E-state index contributed by atoms with van der Waals surface area (Å²) in [5.74, 6) is 0.167. The van der Waals surface area contributed by atoms with Crippen molar-refractivity contribution in [3.05, 3.63) is 65.6 Å². The van der Waals surface area contributed by atoms with E-state index in [4.69, 9.17) is 4.74 Å². The van der Waals surface area contributed by atoms with Gasteiger partial charge >= 0.3 is 5.97 Å². The minimum absolute atomic E-state index is 0.304. The standard InChI is InChI=1S/C16H14N2O2/c1-11-6-5-7-12(2)15(11)20-16(19)13-10-18-9-4-3-8-14(18)17-13/h3-10H,1-2H3. The molecule has 0 fully saturated rings. The molecular formula is C16H14N2O2. The highest BCUT2D eigenvalue weighted by Gasteiger charge is 2.15. The van der Waals surface area contributed by atoms with E-state index in [2.05, 4.69) is 4.98 Å². The van der Waals surface area contributed by atoms with E-state index >= 15 is 0 Å². The van der Waals surface area contributed by atoms with Crippen LogP contribution in [-0.4, -0.2) is 15.4 Å². The van der Waals surface area contributed by atoms with Crippen LogP contribution in [0.3, 0.4) is 0 Å². The Hall–Kier alpha value is -2.62. The molecule has 0 aliphatic rings. The highest BCUT2D eigenvalue weighted by molar-refractivity contribution is 5.90. The molecule has 0 unspecified atom stereocenters. The molecule has 0 aliphatic carbocycles. The van der Waals surface area contributed by atoms with Crippen LogP contribution in [0.5, 0.6) is 5.75 Å². The van der Waals surface area contributed by atoms with Crippen molar-refractivity contribution in [3.8, 4) is 5.75 Å². The van der Waals surface area contributed by atoms with Gasteiger partial charge in [0.25, 0.3) is 0 Å². The number of rotatable bonds is 2. The molecule has 0 atom stereocenters. The third kappa shape index (κ3) is 2.16. The molecule has 4 heteroatoms. The molecule has 0 N–H and O–H groups in total. The molecular weight excluding hydrogens is 252 g/mol. The van der Waals surface area contributed by atoms with Crippen molar-refractivity contribution in [2.75, 3.05) is 0 Å². The van der Waals surface area contributed by atoms with Crippen LogP contribution in [0.4, 0.5) is 0 Å². The average Bonchev–Trinajstić information content (AvgIpc) is 2.87. The lowest BCUT2D eigenvalue weighted by Gasteiger charge is -2.08. The first kappa shape index (κ1) is 12.4. The predicted molar refractivity (Wildman–Crippen MR) is 76.1 cm³/mol. The lowest BCUT2D eigenvalue weighted by Crippen LogP contribution is -2.10. The summed E-state index contributed by atoms with van der Waals surface area (Å²) in [7, 11) is 0. The Labute approximate surface area is 116 Å². The van der Waals surface area contributed by atoms with E-state index in [9.17, 15) is 4.79 Å². The molecule has 0 aliphatic heterocycles. The SMILES string of the molecule is Cc1cccc(C)c1OC(=O)c1cn2ccccc2n1. The molecule has 3 aromatic rings. The van der Waals surface area contributed by atoms with Crippen molar-refractivity contribution in [1.29, 1.82) is 0 Å². The van der Waals surface area contributed by atoms with Gasteiger partial charge in [-0.2, -0.15) is 0 Å². The van der Waals surface area contributed by atoms with E-state index in [0.29, 0.717) is 11.4 Å². The van der Waals surface area contributed by atoms with Crippen LogP contribution in [0.2, 0.25) is 0 Å². The lowest BCUT2D eigenvalue weighted by molar-refractivity contribution is 0.0727. The Balaban J connectivity index is 1.93. The van der Waals surface area contributed by atoms with Gasteiger partial charge in [0.1, 0.15) is 11.4 Å². The van der Waals surface area contributed by atoms with Crippen LogP contribution >= 0.6 is 0 Å². The van der Waals surface area contributed by atoms with Gasteiger partial charge in [0, 0.05) is 12.4 Å². The van der Waals surface area contributed by atoms with Crippen molar-refractivity contribution in [3.63, 3.8) is 0 Å². The van der Waals surface area contributed by atoms with Crippen molar-refractivity contribution >= 4 is 11.6 Å². The Morgan fingerprint density at radius 1 is 1.10 bits per heavy atom. The fourth-order valence-electron chi connectivity index (χ4n) is 2.14. The second kappa shape index (κ2) is 4.81. The summed E-state index contributed by atoms with van der Waals surface area (Å²) in [5.41, 5.74) is 2.89. The first-order chi connectivity index (χ1) is 9.65. The fourth-order valence-corrected chi connectivity index (χ4v) is 2.14. The maximum Gasteiger partial charge on any atom is 0.363 e. The lowest BCUT2D eigenvalue weighted by atomic mass is 10.1. The number of fused-ring (bicyclic) bond motifs is 1. The molecule has 0 bridgehead atoms. The quantitative estimate of drug-likeness (QED) is 0.528. The van der Waals surface area contributed by atoms with Crippen molar-refractivity contribution in [2.24, 2.45) is 0 Å². The molecule has 100 valence electrons. The number of carbonyl (C=O) groups excluding carboxylic acids is 1. The number of para-hydroxylation sites is 1. The molecule has 4 nitrogen and oxygen atoms in total. The summed E-state index contributed by atoms with van der Waals surface area (Å²) in [6.07, 6.45) is 3.52. The average molecular weight is 266 g/mol. The molecule has 0 saturated carbocycles. The van der Waals surface area contributed by atoms with Crippen molar-refractivity contribution in [1.82, 2.24) is 9.38 Å². The van der Waals surface area contributed by atoms with Crippen LogP contribution in [-0.2, 0) is 0 Å². The number of aromatic nitrogens is 2. The molecule has 20 heavy (non-hydrogen) atoms. The molecule has 3 rings (SSSR count). The van der Waals surface area contributed by atoms with E-state index < -0.39 is 5.97 Å². The van der Waals surface area contributed by atoms with Crippen molar-refractivity contribution in [2.45, 2.75) is 13.8 Å². The first-order valence-electron chi connectivity index (χ1n) is 6.37. The largest absolute Gasteiger partial charge is 0.421 e. The summed E-state index contributed by atoms with van der Waals surface area (Å²) in [6.45, 7) is 3.83. The topological polar surface area (TPSA) is 43.6 Å². The van der Waals surface area contributed by atoms with Gasteiger partial charge in [0.15, 0.2) is 5.69 Å². The van der Waals surface area contributed by atoms with E-state index in [0.717, 1.165) is 16.8 Å². The molecule has 0 saturated heterocycles.